The maximum absolute atomic E-state index is 11.7. The number of carbonyl (C=O) groups is 1. The summed E-state index contributed by atoms with van der Waals surface area (Å²) in [7, 11) is -3.86. The molecular weight excluding hydrogens is 211 g/mol. The van der Waals surface area contributed by atoms with E-state index in [1.54, 1.807) is 0 Å². The summed E-state index contributed by atoms with van der Waals surface area (Å²) in [6.07, 6.45) is 1.34. The molecule has 0 rings (SSSR count). The Kier molecular flexibility index (Phi) is 6.44. The molecule has 6 heteroatoms. The summed E-state index contributed by atoms with van der Waals surface area (Å²) in [4.78, 5) is 10.9. The van der Waals surface area contributed by atoms with E-state index in [1.165, 1.54) is 0 Å². The van der Waals surface area contributed by atoms with Crippen LogP contribution in [0.5, 0.6) is 0 Å². The second kappa shape index (κ2) is 6.75. The molecular formula is C8H15FO4S. The lowest BCUT2D eigenvalue weighted by Gasteiger charge is -2.03. The molecule has 0 aromatic heterocycles. The Balaban J connectivity index is 3.90. The maximum atomic E-state index is 11.7. The first-order chi connectivity index (χ1) is 6.52. The fourth-order valence-corrected chi connectivity index (χ4v) is 1.69. The van der Waals surface area contributed by atoms with Gasteiger partial charge in [-0.1, -0.05) is 13.3 Å². The number of hydrogen-bond donors (Lipinski definition) is 0. The number of halogens is 1. The molecule has 0 aliphatic rings. The van der Waals surface area contributed by atoms with Gasteiger partial charge in [-0.05, 0) is 12.8 Å². The zero-order valence-corrected chi connectivity index (χ0v) is 8.98. The van der Waals surface area contributed by atoms with Crippen LogP contribution in [0.15, 0.2) is 0 Å². The largest absolute Gasteiger partial charge is 0.346 e. The molecule has 0 fully saturated rings. The van der Waals surface area contributed by atoms with E-state index < -0.39 is 28.5 Å². The lowest BCUT2D eigenvalue weighted by atomic mass is 10.3. The first-order valence-corrected chi connectivity index (χ1v) is 6.10. The lowest BCUT2D eigenvalue weighted by molar-refractivity contribution is -0.133. The van der Waals surface area contributed by atoms with E-state index in [2.05, 4.69) is 4.18 Å². The molecule has 0 aromatic carbocycles. The van der Waals surface area contributed by atoms with Gasteiger partial charge in [0.2, 0.25) is 0 Å². The van der Waals surface area contributed by atoms with Gasteiger partial charge in [0.1, 0.15) is 0 Å². The molecule has 0 saturated carbocycles. The minimum Gasteiger partial charge on any atom is -0.346 e. The quantitative estimate of drug-likeness (QED) is 0.616. The fourth-order valence-electron chi connectivity index (χ4n) is 0.777. The zero-order chi connectivity index (χ0) is 11.0. The lowest BCUT2D eigenvalue weighted by Crippen LogP contribution is -2.16. The Labute approximate surface area is 83.6 Å². The van der Waals surface area contributed by atoms with Crippen LogP contribution in [-0.2, 0) is 19.1 Å². The van der Waals surface area contributed by atoms with Gasteiger partial charge in [-0.15, -0.1) is 0 Å². The number of carbonyl (C=O) groups excluding carboxylic acids is 1. The van der Waals surface area contributed by atoms with Gasteiger partial charge in [-0.3, -0.25) is 9.18 Å². The predicted molar refractivity (Wildman–Crippen MR) is 50.0 cm³/mol. The van der Waals surface area contributed by atoms with Crippen molar-refractivity contribution in [3.63, 3.8) is 0 Å². The van der Waals surface area contributed by atoms with Gasteiger partial charge in [0.25, 0.3) is 0 Å². The standard InChI is InChI=1S/C8H15FO4S/c1-2-3-5-8(10)13-14(11,12)7-4-6-9/h2-7H2,1H3. The topological polar surface area (TPSA) is 60.4 Å². The normalized spacial score (nSPS) is 11.3. The van der Waals surface area contributed by atoms with Gasteiger partial charge in [0.15, 0.2) is 0 Å². The summed E-state index contributed by atoms with van der Waals surface area (Å²) < 4.78 is 37.8. The molecule has 0 aromatic rings. The molecule has 0 heterocycles. The number of hydrogen-bond acceptors (Lipinski definition) is 4. The summed E-state index contributed by atoms with van der Waals surface area (Å²) in [5.74, 6) is -1.20. The molecule has 84 valence electrons. The second-order valence-corrected chi connectivity index (χ2v) is 4.55. The number of alkyl halides is 1. The van der Waals surface area contributed by atoms with Crippen LogP contribution in [0.4, 0.5) is 4.39 Å². The molecule has 4 nitrogen and oxygen atoms in total. The van der Waals surface area contributed by atoms with E-state index in [9.17, 15) is 17.6 Å². The van der Waals surface area contributed by atoms with Crippen molar-refractivity contribution in [2.24, 2.45) is 0 Å². The van der Waals surface area contributed by atoms with Gasteiger partial charge in [-0.2, -0.15) is 8.42 Å². The van der Waals surface area contributed by atoms with Crippen LogP contribution in [0.3, 0.4) is 0 Å². The Morgan fingerprint density at radius 2 is 2.00 bits per heavy atom. The van der Waals surface area contributed by atoms with Gasteiger partial charge < -0.3 is 4.18 Å². The molecule has 0 spiro atoms. The van der Waals surface area contributed by atoms with E-state index in [0.717, 1.165) is 6.42 Å². The monoisotopic (exact) mass is 226 g/mol. The van der Waals surface area contributed by atoms with Crippen LogP contribution in [0, 0.1) is 0 Å². The van der Waals surface area contributed by atoms with Crippen LogP contribution < -0.4 is 0 Å². The first kappa shape index (κ1) is 13.4. The van der Waals surface area contributed by atoms with E-state index in [-0.39, 0.29) is 12.8 Å². The van der Waals surface area contributed by atoms with E-state index in [1.807, 2.05) is 6.92 Å². The molecule has 14 heavy (non-hydrogen) atoms. The van der Waals surface area contributed by atoms with Crippen LogP contribution >= 0.6 is 0 Å². The van der Waals surface area contributed by atoms with Crippen LogP contribution in [-0.4, -0.2) is 26.8 Å². The summed E-state index contributed by atoms with van der Waals surface area (Å²) in [5.41, 5.74) is 0. The Morgan fingerprint density at radius 1 is 1.36 bits per heavy atom. The third-order valence-electron chi connectivity index (χ3n) is 1.48. The molecule has 0 bridgehead atoms. The Hall–Kier alpha value is -0.650. The van der Waals surface area contributed by atoms with Crippen molar-refractivity contribution < 1.29 is 21.8 Å². The fraction of sp³-hybridized carbons (Fsp3) is 0.875. The van der Waals surface area contributed by atoms with E-state index in [0.29, 0.717) is 6.42 Å². The zero-order valence-electron chi connectivity index (χ0n) is 8.16. The molecule has 0 aliphatic heterocycles. The van der Waals surface area contributed by atoms with Crippen molar-refractivity contribution in [2.45, 2.75) is 32.6 Å². The van der Waals surface area contributed by atoms with Crippen LogP contribution in [0.1, 0.15) is 32.6 Å². The van der Waals surface area contributed by atoms with Crippen molar-refractivity contribution in [3.05, 3.63) is 0 Å². The third-order valence-corrected chi connectivity index (χ3v) is 2.71. The average molecular weight is 226 g/mol. The Morgan fingerprint density at radius 3 is 2.50 bits per heavy atom. The van der Waals surface area contributed by atoms with Gasteiger partial charge in [0, 0.05) is 6.42 Å². The average Bonchev–Trinajstić information content (AvgIpc) is 2.11. The highest BCUT2D eigenvalue weighted by molar-refractivity contribution is 7.87. The second-order valence-electron chi connectivity index (χ2n) is 2.86. The SMILES string of the molecule is CCCCC(=O)OS(=O)(=O)CCCF. The van der Waals surface area contributed by atoms with Crippen molar-refractivity contribution >= 4 is 16.1 Å². The molecule has 0 aliphatic carbocycles. The Bertz CT molecular complexity index is 261. The molecule has 0 radical (unpaired) electrons. The number of rotatable bonds is 7. The van der Waals surface area contributed by atoms with Crippen LogP contribution in [0.2, 0.25) is 0 Å². The van der Waals surface area contributed by atoms with Crippen molar-refractivity contribution in [3.8, 4) is 0 Å². The highest BCUT2D eigenvalue weighted by Gasteiger charge is 2.15. The smallest absolute Gasteiger partial charge is 0.322 e. The number of unbranched alkanes of at least 4 members (excludes halogenated alkanes) is 1. The summed E-state index contributed by atoms with van der Waals surface area (Å²) in [6, 6.07) is 0. The van der Waals surface area contributed by atoms with Gasteiger partial charge in [0.05, 0.1) is 12.4 Å². The molecule has 0 amide bonds. The van der Waals surface area contributed by atoms with Crippen molar-refractivity contribution in [1.29, 1.82) is 0 Å². The van der Waals surface area contributed by atoms with Gasteiger partial charge in [-0.25, -0.2) is 0 Å². The van der Waals surface area contributed by atoms with Crippen molar-refractivity contribution in [2.75, 3.05) is 12.4 Å². The summed E-state index contributed by atoms with van der Waals surface area (Å²) in [6.45, 7) is 1.15. The molecule has 0 saturated heterocycles. The maximum Gasteiger partial charge on any atom is 0.322 e. The molecule has 0 atom stereocenters. The van der Waals surface area contributed by atoms with Crippen LogP contribution in [0.25, 0.3) is 0 Å². The first-order valence-electron chi connectivity index (χ1n) is 4.52. The predicted octanol–water partition coefficient (Wildman–Crippen LogP) is 1.41. The van der Waals surface area contributed by atoms with Gasteiger partial charge >= 0.3 is 16.1 Å². The third kappa shape index (κ3) is 6.82. The highest BCUT2D eigenvalue weighted by Crippen LogP contribution is 2.02. The minimum atomic E-state index is -3.86. The van der Waals surface area contributed by atoms with Crippen molar-refractivity contribution in [1.82, 2.24) is 0 Å². The summed E-state index contributed by atoms with van der Waals surface area (Å²) >= 11 is 0. The molecule has 0 unspecified atom stereocenters. The van der Waals surface area contributed by atoms with E-state index in [4.69, 9.17) is 0 Å². The minimum absolute atomic E-state index is 0.0886. The molecule has 0 N–H and O–H groups in total. The van der Waals surface area contributed by atoms with E-state index >= 15 is 0 Å². The highest BCUT2D eigenvalue weighted by atomic mass is 32.2. The summed E-state index contributed by atoms with van der Waals surface area (Å²) in [5, 5.41) is 0.